The van der Waals surface area contributed by atoms with E-state index in [4.69, 9.17) is 11.6 Å². The van der Waals surface area contributed by atoms with Gasteiger partial charge in [0.15, 0.2) is 5.69 Å². The van der Waals surface area contributed by atoms with Crippen LogP contribution in [0.4, 0.5) is 0 Å². The fraction of sp³-hybridized carbons (Fsp3) is 0.267. The van der Waals surface area contributed by atoms with Gasteiger partial charge in [-0.25, -0.2) is 9.67 Å². The highest BCUT2D eigenvalue weighted by atomic mass is 35.5. The van der Waals surface area contributed by atoms with E-state index in [1.54, 1.807) is 43.0 Å². The third kappa shape index (κ3) is 3.94. The Kier molecular flexibility index (Phi) is 4.66. The van der Waals surface area contributed by atoms with Crippen LogP contribution < -0.4 is 5.32 Å². The molecule has 0 spiro atoms. The molecule has 0 aromatic carbocycles. The second-order valence-corrected chi connectivity index (χ2v) is 6.05. The van der Waals surface area contributed by atoms with Crippen LogP contribution in [0, 0.1) is 0 Å². The first kappa shape index (κ1) is 16.9. The Hall–Kier alpha value is -2.94. The van der Waals surface area contributed by atoms with Crippen LogP contribution in [0.5, 0.6) is 0 Å². The number of fused-ring (bicyclic) bond motifs is 1. The van der Waals surface area contributed by atoms with Crippen LogP contribution >= 0.6 is 11.6 Å². The van der Waals surface area contributed by atoms with Crippen molar-refractivity contribution in [1.29, 1.82) is 0 Å². The molecule has 2 amide bonds. The number of halogens is 1. The summed E-state index contributed by atoms with van der Waals surface area (Å²) in [5, 5.41) is 10.9. The summed E-state index contributed by atoms with van der Waals surface area (Å²) in [6.07, 6.45) is 4.96. The lowest BCUT2D eigenvalue weighted by Gasteiger charge is -2.08. The number of nitrogens with zero attached hydrogens (tertiary/aromatic N) is 6. The Labute approximate surface area is 148 Å². The van der Waals surface area contributed by atoms with E-state index in [-0.39, 0.29) is 24.7 Å². The molecule has 0 bridgehead atoms. The van der Waals surface area contributed by atoms with Gasteiger partial charge in [0.05, 0.1) is 23.5 Å². The van der Waals surface area contributed by atoms with Gasteiger partial charge in [-0.15, -0.1) is 5.10 Å². The first-order valence-electron chi connectivity index (χ1n) is 7.44. The van der Waals surface area contributed by atoms with E-state index in [9.17, 15) is 9.59 Å². The molecule has 3 aromatic heterocycles. The molecule has 0 saturated carbocycles. The summed E-state index contributed by atoms with van der Waals surface area (Å²) in [6, 6.07) is 3.54. The number of nitrogens with one attached hydrogen (secondary N) is 1. The second-order valence-electron chi connectivity index (χ2n) is 5.62. The molecule has 130 valence electrons. The van der Waals surface area contributed by atoms with Gasteiger partial charge in [0.1, 0.15) is 12.2 Å². The Bertz CT molecular complexity index is 931. The highest BCUT2D eigenvalue weighted by Gasteiger charge is 2.13. The van der Waals surface area contributed by atoms with Gasteiger partial charge in [-0.1, -0.05) is 16.8 Å². The highest BCUT2D eigenvalue weighted by molar-refractivity contribution is 6.30. The predicted molar refractivity (Wildman–Crippen MR) is 90.1 cm³/mol. The van der Waals surface area contributed by atoms with Crippen molar-refractivity contribution in [2.45, 2.75) is 13.1 Å². The van der Waals surface area contributed by atoms with E-state index < -0.39 is 5.91 Å². The summed E-state index contributed by atoms with van der Waals surface area (Å²) < 4.78 is 3.11. The molecule has 0 atom stereocenters. The average Bonchev–Trinajstić information content (AvgIpc) is 3.18. The van der Waals surface area contributed by atoms with E-state index in [2.05, 4.69) is 20.6 Å². The van der Waals surface area contributed by atoms with E-state index >= 15 is 0 Å². The summed E-state index contributed by atoms with van der Waals surface area (Å²) in [6.45, 7) is 0.266. The molecular formula is C15H16ClN7O2. The minimum Gasteiger partial charge on any atom is -0.347 e. The van der Waals surface area contributed by atoms with Gasteiger partial charge in [-0.3, -0.25) is 9.59 Å². The molecule has 0 aliphatic heterocycles. The normalized spacial score (nSPS) is 10.8. The molecule has 10 heteroatoms. The zero-order valence-corrected chi connectivity index (χ0v) is 14.4. The number of carbonyl (C=O) groups excluding carboxylic acids is 2. The van der Waals surface area contributed by atoms with Crippen molar-refractivity contribution >= 4 is 29.1 Å². The van der Waals surface area contributed by atoms with Gasteiger partial charge in [0.2, 0.25) is 5.91 Å². The summed E-state index contributed by atoms with van der Waals surface area (Å²) in [7, 11) is 3.30. The molecule has 0 unspecified atom stereocenters. The van der Waals surface area contributed by atoms with Crippen molar-refractivity contribution in [3.05, 3.63) is 47.1 Å². The Morgan fingerprint density at radius 2 is 2.04 bits per heavy atom. The van der Waals surface area contributed by atoms with Crippen LogP contribution in [-0.2, 0) is 17.9 Å². The molecule has 1 N–H and O–H groups in total. The van der Waals surface area contributed by atoms with Gasteiger partial charge in [0.25, 0.3) is 5.91 Å². The zero-order valence-electron chi connectivity index (χ0n) is 13.7. The Morgan fingerprint density at radius 1 is 1.24 bits per heavy atom. The van der Waals surface area contributed by atoms with E-state index in [0.29, 0.717) is 10.7 Å². The number of imidazole rings is 1. The average molecular weight is 362 g/mol. The summed E-state index contributed by atoms with van der Waals surface area (Å²) in [5.41, 5.74) is 1.56. The summed E-state index contributed by atoms with van der Waals surface area (Å²) >= 11 is 5.93. The van der Waals surface area contributed by atoms with Crippen molar-refractivity contribution in [2.75, 3.05) is 14.1 Å². The van der Waals surface area contributed by atoms with Crippen molar-refractivity contribution < 1.29 is 9.59 Å². The van der Waals surface area contributed by atoms with Gasteiger partial charge in [-0.05, 0) is 12.1 Å². The van der Waals surface area contributed by atoms with Gasteiger partial charge in [-0.2, -0.15) is 0 Å². The Morgan fingerprint density at radius 3 is 2.80 bits per heavy atom. The minimum absolute atomic E-state index is 0.0282. The van der Waals surface area contributed by atoms with Crippen LogP contribution in [-0.4, -0.2) is 55.2 Å². The fourth-order valence-corrected chi connectivity index (χ4v) is 2.29. The van der Waals surface area contributed by atoms with Crippen LogP contribution in [0.3, 0.4) is 0 Å². The van der Waals surface area contributed by atoms with Crippen molar-refractivity contribution in [3.63, 3.8) is 0 Å². The zero-order chi connectivity index (χ0) is 18.0. The first-order valence-corrected chi connectivity index (χ1v) is 7.82. The number of likely N-dealkylation sites (N-methyl/N-ethyl adjacent to an activating group) is 1. The number of pyridine rings is 1. The smallest absolute Gasteiger partial charge is 0.273 e. The van der Waals surface area contributed by atoms with Crippen LogP contribution in [0.1, 0.15) is 16.2 Å². The Balaban J connectivity index is 1.62. The molecule has 3 rings (SSSR count). The number of amides is 2. The van der Waals surface area contributed by atoms with E-state index in [0.717, 1.165) is 5.65 Å². The highest BCUT2D eigenvalue weighted by Crippen LogP contribution is 2.11. The number of carbonyl (C=O) groups is 2. The van der Waals surface area contributed by atoms with Crippen molar-refractivity contribution in [1.82, 2.24) is 34.6 Å². The standard InChI is InChI=1S/C15H16ClN7O2/c1-21(2)14(24)9-23-8-12(19-20-23)15(25)17-5-11-7-22-6-10(16)3-4-13(22)18-11/h3-4,6-8H,5,9H2,1-2H3,(H,17,25). The van der Waals surface area contributed by atoms with Gasteiger partial charge >= 0.3 is 0 Å². The van der Waals surface area contributed by atoms with E-state index in [1.165, 1.54) is 15.8 Å². The topological polar surface area (TPSA) is 97.4 Å². The monoisotopic (exact) mass is 361 g/mol. The lowest BCUT2D eigenvalue weighted by Crippen LogP contribution is -2.26. The third-order valence-corrected chi connectivity index (χ3v) is 3.69. The van der Waals surface area contributed by atoms with Crippen LogP contribution in [0.25, 0.3) is 5.65 Å². The van der Waals surface area contributed by atoms with Gasteiger partial charge in [0, 0.05) is 26.5 Å². The largest absolute Gasteiger partial charge is 0.347 e. The number of hydrogen-bond acceptors (Lipinski definition) is 5. The number of hydrogen-bond donors (Lipinski definition) is 1. The maximum Gasteiger partial charge on any atom is 0.273 e. The minimum atomic E-state index is -0.390. The fourth-order valence-electron chi connectivity index (χ4n) is 2.12. The summed E-state index contributed by atoms with van der Waals surface area (Å²) in [4.78, 5) is 29.6. The van der Waals surface area contributed by atoms with Crippen molar-refractivity contribution in [2.24, 2.45) is 0 Å². The predicted octanol–water partition coefficient (Wildman–Crippen LogP) is 0.597. The molecule has 25 heavy (non-hydrogen) atoms. The SMILES string of the molecule is CN(C)C(=O)Cn1cc(C(=O)NCc2cn3cc(Cl)ccc3n2)nn1. The van der Waals surface area contributed by atoms with Crippen LogP contribution in [0.15, 0.2) is 30.7 Å². The molecule has 0 fully saturated rings. The third-order valence-electron chi connectivity index (χ3n) is 3.46. The maximum atomic E-state index is 12.1. The quantitative estimate of drug-likeness (QED) is 0.717. The lowest BCUT2D eigenvalue weighted by atomic mass is 10.4. The molecule has 9 nitrogen and oxygen atoms in total. The number of aromatic nitrogens is 5. The van der Waals surface area contributed by atoms with Crippen LogP contribution in [0.2, 0.25) is 5.02 Å². The molecule has 0 aliphatic carbocycles. The molecule has 3 aromatic rings. The maximum absolute atomic E-state index is 12.1. The molecule has 3 heterocycles. The molecule has 0 radical (unpaired) electrons. The molecule has 0 aliphatic rings. The summed E-state index contributed by atoms with van der Waals surface area (Å²) in [5.74, 6) is -0.529. The lowest BCUT2D eigenvalue weighted by molar-refractivity contribution is -0.129. The van der Waals surface area contributed by atoms with E-state index in [1.807, 2.05) is 0 Å². The number of rotatable bonds is 5. The molecule has 0 saturated heterocycles. The van der Waals surface area contributed by atoms with Crippen molar-refractivity contribution in [3.8, 4) is 0 Å². The van der Waals surface area contributed by atoms with Gasteiger partial charge < -0.3 is 14.6 Å². The first-order chi connectivity index (χ1) is 11.9. The molecular weight excluding hydrogens is 346 g/mol. The second kappa shape index (κ2) is 6.89.